The lowest BCUT2D eigenvalue weighted by molar-refractivity contribution is 0.475. The van der Waals surface area contributed by atoms with Gasteiger partial charge in [0.2, 0.25) is 0 Å². The zero-order valence-corrected chi connectivity index (χ0v) is 10.4. The van der Waals surface area contributed by atoms with E-state index in [4.69, 9.17) is 11.6 Å². The van der Waals surface area contributed by atoms with Gasteiger partial charge < -0.3 is 5.11 Å². The van der Waals surface area contributed by atoms with Gasteiger partial charge in [-0.1, -0.05) is 27.5 Å². The quantitative estimate of drug-likeness (QED) is 0.815. The third-order valence-electron chi connectivity index (χ3n) is 2.08. The summed E-state index contributed by atoms with van der Waals surface area (Å²) in [6, 6.07) is 9.15. The smallest absolute Gasteiger partial charge is 0.125 e. The number of phenolic OH excluding ortho intramolecular Hbond substituents is 1. The van der Waals surface area contributed by atoms with Crippen molar-refractivity contribution in [2.24, 2.45) is 0 Å². The number of phenols is 1. The van der Waals surface area contributed by atoms with Crippen LogP contribution in [0.4, 0.5) is 4.39 Å². The molecule has 0 aliphatic rings. The molecule has 0 atom stereocenters. The summed E-state index contributed by atoms with van der Waals surface area (Å²) in [5, 5.41) is 9.77. The molecule has 2 rings (SSSR count). The van der Waals surface area contributed by atoms with E-state index in [2.05, 4.69) is 15.9 Å². The van der Waals surface area contributed by atoms with Crippen LogP contribution in [0.2, 0.25) is 5.02 Å². The van der Waals surface area contributed by atoms with Crippen molar-refractivity contribution in [3.05, 3.63) is 51.7 Å². The first-order chi connectivity index (χ1) is 7.54. The number of hydrogen-bond acceptors (Lipinski definition) is 1. The van der Waals surface area contributed by atoms with Crippen molar-refractivity contribution in [2.45, 2.75) is 0 Å². The van der Waals surface area contributed by atoms with Crippen LogP contribution >= 0.6 is 27.5 Å². The lowest BCUT2D eigenvalue weighted by Crippen LogP contribution is -1.81. The van der Waals surface area contributed by atoms with Gasteiger partial charge in [-0.05, 0) is 47.5 Å². The fourth-order valence-corrected chi connectivity index (χ4v) is 2.16. The molecule has 0 saturated carbocycles. The Kier molecular flexibility index (Phi) is 3.17. The number of rotatable bonds is 1. The highest BCUT2D eigenvalue weighted by atomic mass is 79.9. The summed E-state index contributed by atoms with van der Waals surface area (Å²) < 4.78 is 13.9. The molecule has 1 nitrogen and oxygen atoms in total. The molecule has 82 valence electrons. The van der Waals surface area contributed by atoms with E-state index >= 15 is 0 Å². The van der Waals surface area contributed by atoms with E-state index in [-0.39, 0.29) is 5.75 Å². The largest absolute Gasteiger partial charge is 0.508 e. The monoisotopic (exact) mass is 300 g/mol. The second-order valence-corrected chi connectivity index (χ2v) is 4.71. The minimum absolute atomic E-state index is 0.116. The Bertz CT molecular complexity index is 453. The summed E-state index contributed by atoms with van der Waals surface area (Å²) in [4.78, 5) is 0. The SMILES string of the molecule is Oc1cc(Br)cc(-c2cc(F)cc(Cl)c2)c1. The third kappa shape index (κ3) is 2.54. The van der Waals surface area contributed by atoms with E-state index in [1.165, 1.54) is 12.1 Å². The van der Waals surface area contributed by atoms with Gasteiger partial charge in [-0.15, -0.1) is 0 Å². The number of aromatic hydroxyl groups is 1. The van der Waals surface area contributed by atoms with Gasteiger partial charge in [-0.25, -0.2) is 4.39 Å². The maximum Gasteiger partial charge on any atom is 0.125 e. The summed E-state index contributed by atoms with van der Waals surface area (Å²) >= 11 is 9.03. The van der Waals surface area contributed by atoms with Gasteiger partial charge in [0.25, 0.3) is 0 Å². The minimum Gasteiger partial charge on any atom is -0.508 e. The van der Waals surface area contributed by atoms with Crippen LogP contribution < -0.4 is 0 Å². The summed E-state index contributed by atoms with van der Waals surface area (Å²) in [6.45, 7) is 0. The highest BCUT2D eigenvalue weighted by Crippen LogP contribution is 2.30. The van der Waals surface area contributed by atoms with Crippen LogP contribution in [0.3, 0.4) is 0 Å². The molecule has 4 heteroatoms. The average Bonchev–Trinajstić information content (AvgIpc) is 2.14. The molecule has 0 spiro atoms. The minimum atomic E-state index is -0.401. The van der Waals surface area contributed by atoms with E-state index in [0.717, 1.165) is 4.47 Å². The molecule has 0 unspecified atom stereocenters. The van der Waals surface area contributed by atoms with Crippen molar-refractivity contribution in [2.75, 3.05) is 0 Å². The van der Waals surface area contributed by atoms with E-state index in [9.17, 15) is 9.50 Å². The number of benzene rings is 2. The predicted molar refractivity (Wildman–Crippen MR) is 66.2 cm³/mol. The second kappa shape index (κ2) is 4.44. The van der Waals surface area contributed by atoms with E-state index in [1.807, 2.05) is 0 Å². The summed E-state index contributed by atoms with van der Waals surface area (Å²) in [5.74, 6) is -0.285. The second-order valence-electron chi connectivity index (χ2n) is 3.36. The van der Waals surface area contributed by atoms with Crippen LogP contribution in [0, 0.1) is 5.82 Å². The van der Waals surface area contributed by atoms with Gasteiger partial charge >= 0.3 is 0 Å². The first-order valence-electron chi connectivity index (χ1n) is 4.50. The zero-order chi connectivity index (χ0) is 11.7. The van der Waals surface area contributed by atoms with Crippen LogP contribution in [0.25, 0.3) is 11.1 Å². The highest BCUT2D eigenvalue weighted by Gasteiger charge is 2.04. The van der Waals surface area contributed by atoms with Crippen molar-refractivity contribution in [3.63, 3.8) is 0 Å². The molecule has 0 aliphatic heterocycles. The first-order valence-corrected chi connectivity index (χ1v) is 5.68. The topological polar surface area (TPSA) is 20.2 Å². The van der Waals surface area contributed by atoms with Crippen molar-refractivity contribution in [1.29, 1.82) is 0 Å². The van der Waals surface area contributed by atoms with Gasteiger partial charge in [-0.2, -0.15) is 0 Å². The van der Waals surface area contributed by atoms with Crippen molar-refractivity contribution in [1.82, 2.24) is 0 Å². The maximum absolute atomic E-state index is 13.2. The standard InChI is InChI=1S/C12H7BrClFO/c13-9-1-7(4-12(16)5-9)8-2-10(14)6-11(15)3-8/h1-6,16H. The summed E-state index contributed by atoms with van der Waals surface area (Å²) in [6.07, 6.45) is 0. The molecule has 0 aliphatic carbocycles. The Labute approximate surface area is 106 Å². The fraction of sp³-hybridized carbons (Fsp3) is 0. The lowest BCUT2D eigenvalue weighted by atomic mass is 10.1. The van der Waals surface area contributed by atoms with E-state index in [1.54, 1.807) is 24.3 Å². The fourth-order valence-electron chi connectivity index (χ4n) is 1.46. The van der Waals surface area contributed by atoms with Gasteiger partial charge in [0, 0.05) is 9.50 Å². The Balaban J connectivity index is 2.57. The van der Waals surface area contributed by atoms with E-state index < -0.39 is 5.82 Å². The van der Waals surface area contributed by atoms with Gasteiger partial charge in [0.15, 0.2) is 0 Å². The normalized spacial score (nSPS) is 10.4. The molecule has 16 heavy (non-hydrogen) atoms. The summed E-state index contributed by atoms with van der Waals surface area (Å²) in [7, 11) is 0. The molecular weight excluding hydrogens is 294 g/mol. The zero-order valence-electron chi connectivity index (χ0n) is 8.05. The van der Waals surface area contributed by atoms with Crippen LogP contribution in [-0.4, -0.2) is 5.11 Å². The molecule has 0 saturated heterocycles. The Morgan fingerprint density at radius 1 is 1.00 bits per heavy atom. The predicted octanol–water partition coefficient (Wildman–Crippen LogP) is 4.61. The van der Waals surface area contributed by atoms with Gasteiger partial charge in [0.05, 0.1) is 0 Å². The van der Waals surface area contributed by atoms with Crippen LogP contribution in [-0.2, 0) is 0 Å². The molecule has 0 radical (unpaired) electrons. The third-order valence-corrected chi connectivity index (χ3v) is 2.75. The average molecular weight is 302 g/mol. The van der Waals surface area contributed by atoms with Crippen molar-refractivity contribution < 1.29 is 9.50 Å². The maximum atomic E-state index is 13.2. The lowest BCUT2D eigenvalue weighted by Gasteiger charge is -2.04. The van der Waals surface area contributed by atoms with Crippen LogP contribution in [0.5, 0.6) is 5.75 Å². The van der Waals surface area contributed by atoms with Gasteiger partial charge in [-0.3, -0.25) is 0 Å². The molecule has 0 bridgehead atoms. The van der Waals surface area contributed by atoms with Crippen molar-refractivity contribution in [3.8, 4) is 16.9 Å². The first kappa shape index (κ1) is 11.4. The number of halogens is 3. The molecule has 0 amide bonds. The summed E-state index contributed by atoms with van der Waals surface area (Å²) in [5.41, 5.74) is 1.33. The van der Waals surface area contributed by atoms with Crippen molar-refractivity contribution >= 4 is 27.5 Å². The van der Waals surface area contributed by atoms with E-state index in [0.29, 0.717) is 16.1 Å². The molecular formula is C12H7BrClFO. The van der Waals surface area contributed by atoms with Crippen LogP contribution in [0.1, 0.15) is 0 Å². The van der Waals surface area contributed by atoms with Crippen LogP contribution in [0.15, 0.2) is 40.9 Å². The molecule has 1 N–H and O–H groups in total. The molecule has 2 aromatic rings. The molecule has 2 aromatic carbocycles. The Morgan fingerprint density at radius 2 is 1.69 bits per heavy atom. The molecule has 0 fully saturated rings. The van der Waals surface area contributed by atoms with Gasteiger partial charge in [0.1, 0.15) is 11.6 Å². The Morgan fingerprint density at radius 3 is 2.31 bits per heavy atom. The molecule has 0 heterocycles. The highest BCUT2D eigenvalue weighted by molar-refractivity contribution is 9.10. The molecule has 0 aromatic heterocycles. The Hall–Kier alpha value is -1.06. The number of hydrogen-bond donors (Lipinski definition) is 1.